The predicted octanol–water partition coefficient (Wildman–Crippen LogP) is 0.479. The average molecular weight is 202 g/mol. The Morgan fingerprint density at radius 3 is 2.57 bits per heavy atom. The molecule has 0 saturated heterocycles. The van der Waals surface area contributed by atoms with E-state index in [2.05, 4.69) is 17.1 Å². The number of methoxy groups -OCH3 is 1. The van der Waals surface area contributed by atoms with Crippen LogP contribution in [0.2, 0.25) is 0 Å². The van der Waals surface area contributed by atoms with Crippen LogP contribution in [0.15, 0.2) is 0 Å². The molecule has 0 aromatic heterocycles. The maximum absolute atomic E-state index is 11.3. The van der Waals surface area contributed by atoms with Gasteiger partial charge in [-0.15, -0.1) is 0 Å². The SMILES string of the molecule is CCCN(C)CC(NCC)C(=O)OC. The van der Waals surface area contributed by atoms with Gasteiger partial charge in [-0.2, -0.15) is 0 Å². The zero-order chi connectivity index (χ0) is 11.0. The molecule has 4 nitrogen and oxygen atoms in total. The Morgan fingerprint density at radius 1 is 1.50 bits per heavy atom. The number of ether oxygens (including phenoxy) is 1. The normalized spacial score (nSPS) is 12.9. The van der Waals surface area contributed by atoms with Gasteiger partial charge in [0.25, 0.3) is 0 Å². The molecule has 0 radical (unpaired) electrons. The molecular weight excluding hydrogens is 180 g/mol. The lowest BCUT2D eigenvalue weighted by Gasteiger charge is -2.22. The molecule has 84 valence electrons. The summed E-state index contributed by atoms with van der Waals surface area (Å²) in [5, 5.41) is 3.11. The van der Waals surface area contributed by atoms with E-state index in [0.717, 1.165) is 19.5 Å². The Morgan fingerprint density at radius 2 is 2.14 bits per heavy atom. The number of hydrogen-bond donors (Lipinski definition) is 1. The second-order valence-corrected chi connectivity index (χ2v) is 3.40. The Balaban J connectivity index is 4.01. The van der Waals surface area contributed by atoms with Crippen molar-refractivity contribution in [2.24, 2.45) is 0 Å². The average Bonchev–Trinajstić information content (AvgIpc) is 2.16. The predicted molar refractivity (Wildman–Crippen MR) is 57.3 cm³/mol. The van der Waals surface area contributed by atoms with Gasteiger partial charge >= 0.3 is 5.97 Å². The molecule has 0 aromatic rings. The van der Waals surface area contributed by atoms with Gasteiger partial charge in [0.2, 0.25) is 0 Å². The zero-order valence-corrected chi connectivity index (χ0v) is 9.67. The van der Waals surface area contributed by atoms with Crippen LogP contribution in [0.4, 0.5) is 0 Å². The third-order valence-corrected chi connectivity index (χ3v) is 2.04. The van der Waals surface area contributed by atoms with E-state index in [1.165, 1.54) is 7.11 Å². The second kappa shape index (κ2) is 7.76. The molecule has 0 saturated carbocycles. The van der Waals surface area contributed by atoms with E-state index in [0.29, 0.717) is 6.54 Å². The van der Waals surface area contributed by atoms with Crippen molar-refractivity contribution < 1.29 is 9.53 Å². The minimum Gasteiger partial charge on any atom is -0.468 e. The van der Waals surface area contributed by atoms with Crippen molar-refractivity contribution in [3.63, 3.8) is 0 Å². The summed E-state index contributed by atoms with van der Waals surface area (Å²) in [4.78, 5) is 13.5. The molecular formula is C10H22N2O2. The summed E-state index contributed by atoms with van der Waals surface area (Å²) in [6, 6.07) is -0.207. The van der Waals surface area contributed by atoms with E-state index < -0.39 is 0 Å². The molecule has 0 bridgehead atoms. The quantitative estimate of drug-likeness (QED) is 0.610. The molecule has 0 aromatic carbocycles. The minimum atomic E-state index is -0.207. The van der Waals surface area contributed by atoms with Gasteiger partial charge in [0.05, 0.1) is 7.11 Å². The molecule has 0 spiro atoms. The third kappa shape index (κ3) is 5.19. The van der Waals surface area contributed by atoms with Gasteiger partial charge in [-0.1, -0.05) is 13.8 Å². The van der Waals surface area contributed by atoms with Crippen molar-refractivity contribution in [3.8, 4) is 0 Å². The summed E-state index contributed by atoms with van der Waals surface area (Å²) in [6.07, 6.45) is 1.09. The Hall–Kier alpha value is -0.610. The number of carbonyl (C=O) groups is 1. The van der Waals surface area contributed by atoms with E-state index in [1.807, 2.05) is 14.0 Å². The molecule has 0 rings (SSSR count). The molecule has 0 aliphatic rings. The summed E-state index contributed by atoms with van der Waals surface area (Å²) >= 11 is 0. The van der Waals surface area contributed by atoms with E-state index in [4.69, 9.17) is 4.74 Å². The lowest BCUT2D eigenvalue weighted by atomic mass is 10.2. The zero-order valence-electron chi connectivity index (χ0n) is 9.67. The van der Waals surface area contributed by atoms with Gasteiger partial charge in [0.1, 0.15) is 6.04 Å². The van der Waals surface area contributed by atoms with Crippen LogP contribution in [0.1, 0.15) is 20.3 Å². The molecule has 0 aliphatic carbocycles. The Bertz CT molecular complexity index is 162. The maximum Gasteiger partial charge on any atom is 0.324 e. The fourth-order valence-electron chi connectivity index (χ4n) is 1.40. The van der Waals surface area contributed by atoms with Crippen molar-refractivity contribution in [1.82, 2.24) is 10.2 Å². The lowest BCUT2D eigenvalue weighted by molar-refractivity contribution is -0.143. The van der Waals surface area contributed by atoms with Crippen molar-refractivity contribution in [2.75, 3.05) is 33.8 Å². The first kappa shape index (κ1) is 13.4. The summed E-state index contributed by atoms with van der Waals surface area (Å²) in [5.74, 6) is -0.185. The van der Waals surface area contributed by atoms with Gasteiger partial charge in [-0.25, -0.2) is 0 Å². The van der Waals surface area contributed by atoms with Crippen LogP contribution in [0.3, 0.4) is 0 Å². The molecule has 0 heterocycles. The number of rotatable bonds is 7. The van der Waals surface area contributed by atoms with Gasteiger partial charge < -0.3 is 15.0 Å². The number of esters is 1. The van der Waals surface area contributed by atoms with Gasteiger partial charge in [0, 0.05) is 6.54 Å². The highest BCUT2D eigenvalue weighted by atomic mass is 16.5. The second-order valence-electron chi connectivity index (χ2n) is 3.40. The van der Waals surface area contributed by atoms with Gasteiger partial charge in [-0.3, -0.25) is 4.79 Å². The van der Waals surface area contributed by atoms with Crippen molar-refractivity contribution >= 4 is 5.97 Å². The monoisotopic (exact) mass is 202 g/mol. The molecule has 1 unspecified atom stereocenters. The van der Waals surface area contributed by atoms with Crippen LogP contribution >= 0.6 is 0 Å². The molecule has 1 atom stereocenters. The summed E-state index contributed by atoms with van der Waals surface area (Å²) in [5.41, 5.74) is 0. The molecule has 0 fully saturated rings. The van der Waals surface area contributed by atoms with Crippen LogP contribution in [0, 0.1) is 0 Å². The van der Waals surface area contributed by atoms with E-state index >= 15 is 0 Å². The number of carbonyl (C=O) groups excluding carboxylic acids is 1. The summed E-state index contributed by atoms with van der Waals surface area (Å²) in [7, 11) is 3.43. The maximum atomic E-state index is 11.3. The highest BCUT2D eigenvalue weighted by Gasteiger charge is 2.18. The van der Waals surface area contributed by atoms with Crippen LogP contribution < -0.4 is 5.32 Å². The molecule has 1 N–H and O–H groups in total. The molecule has 14 heavy (non-hydrogen) atoms. The minimum absolute atomic E-state index is 0.185. The number of hydrogen-bond acceptors (Lipinski definition) is 4. The fraction of sp³-hybridized carbons (Fsp3) is 0.900. The van der Waals surface area contributed by atoms with Gasteiger partial charge in [-0.05, 0) is 26.6 Å². The number of likely N-dealkylation sites (N-methyl/N-ethyl adjacent to an activating group) is 2. The highest BCUT2D eigenvalue weighted by molar-refractivity contribution is 5.75. The molecule has 4 heteroatoms. The van der Waals surface area contributed by atoms with Crippen LogP contribution in [0.5, 0.6) is 0 Å². The van der Waals surface area contributed by atoms with Crippen molar-refractivity contribution in [1.29, 1.82) is 0 Å². The first-order valence-electron chi connectivity index (χ1n) is 5.15. The highest BCUT2D eigenvalue weighted by Crippen LogP contribution is 1.94. The Labute approximate surface area is 86.6 Å². The molecule has 0 aliphatic heterocycles. The summed E-state index contributed by atoms with van der Waals surface area (Å²) in [6.45, 7) is 6.58. The largest absolute Gasteiger partial charge is 0.468 e. The standard InChI is InChI=1S/C10H22N2O2/c1-5-7-12(3)8-9(11-6-2)10(13)14-4/h9,11H,5-8H2,1-4H3. The molecule has 0 amide bonds. The van der Waals surface area contributed by atoms with E-state index in [-0.39, 0.29) is 12.0 Å². The van der Waals surface area contributed by atoms with Crippen LogP contribution in [-0.4, -0.2) is 50.7 Å². The van der Waals surface area contributed by atoms with Crippen molar-refractivity contribution in [3.05, 3.63) is 0 Å². The van der Waals surface area contributed by atoms with Crippen LogP contribution in [0.25, 0.3) is 0 Å². The van der Waals surface area contributed by atoms with Gasteiger partial charge in [0.15, 0.2) is 0 Å². The Kier molecular flexibility index (Phi) is 7.42. The third-order valence-electron chi connectivity index (χ3n) is 2.04. The topological polar surface area (TPSA) is 41.6 Å². The first-order chi connectivity index (χ1) is 6.65. The van der Waals surface area contributed by atoms with Crippen LogP contribution in [-0.2, 0) is 9.53 Å². The first-order valence-corrected chi connectivity index (χ1v) is 5.15. The number of nitrogens with zero attached hydrogens (tertiary/aromatic N) is 1. The van der Waals surface area contributed by atoms with E-state index in [9.17, 15) is 4.79 Å². The lowest BCUT2D eigenvalue weighted by Crippen LogP contribution is -2.45. The number of nitrogens with one attached hydrogen (secondary N) is 1. The summed E-state index contributed by atoms with van der Waals surface area (Å²) < 4.78 is 4.72. The smallest absolute Gasteiger partial charge is 0.324 e. The fourth-order valence-corrected chi connectivity index (χ4v) is 1.40. The van der Waals surface area contributed by atoms with E-state index in [1.54, 1.807) is 0 Å². The van der Waals surface area contributed by atoms with Crippen molar-refractivity contribution in [2.45, 2.75) is 26.3 Å².